The van der Waals surface area contributed by atoms with Gasteiger partial charge in [-0.1, -0.05) is 36.5 Å². The summed E-state index contributed by atoms with van der Waals surface area (Å²) in [5.41, 5.74) is 0.891. The van der Waals surface area contributed by atoms with Gasteiger partial charge in [-0.25, -0.2) is 4.99 Å². The number of rotatable bonds is 4. The van der Waals surface area contributed by atoms with Crippen LogP contribution in [0.15, 0.2) is 23.2 Å². The molecule has 0 saturated carbocycles. The molecule has 1 aliphatic heterocycles. The molecule has 2 nitrogen and oxygen atoms in total. The lowest BCUT2D eigenvalue weighted by Gasteiger charge is -2.18. The Morgan fingerprint density at radius 2 is 2.11 bits per heavy atom. The Morgan fingerprint density at radius 3 is 2.83 bits per heavy atom. The van der Waals surface area contributed by atoms with E-state index < -0.39 is 0 Å². The van der Waals surface area contributed by atoms with Gasteiger partial charge in [0.25, 0.3) is 0 Å². The van der Waals surface area contributed by atoms with Crippen molar-refractivity contribution in [3.8, 4) is 0 Å². The largest absolute Gasteiger partial charge is 0.360 e. The minimum atomic E-state index is 0.566. The van der Waals surface area contributed by atoms with E-state index in [2.05, 4.69) is 11.8 Å². The predicted molar refractivity (Wildman–Crippen MR) is 79.3 cm³/mol. The standard InChI is InChI=1S/C14H18Cl2N2/c1-2-3-8-18-9-4-5-14(18)17-11-6-7-12(15)13(16)10-11/h6-7,10H,2-5,8-9H2,1H3/b17-14+. The van der Waals surface area contributed by atoms with Gasteiger partial charge in [-0.2, -0.15) is 0 Å². The third kappa shape index (κ3) is 3.39. The maximum absolute atomic E-state index is 6.00. The van der Waals surface area contributed by atoms with Gasteiger partial charge in [0.05, 0.1) is 15.7 Å². The Balaban J connectivity index is 2.13. The zero-order chi connectivity index (χ0) is 13.0. The van der Waals surface area contributed by atoms with Crippen LogP contribution in [0.2, 0.25) is 10.0 Å². The molecule has 1 aromatic rings. The molecule has 0 bridgehead atoms. The highest BCUT2D eigenvalue weighted by Gasteiger charge is 2.17. The van der Waals surface area contributed by atoms with Gasteiger partial charge in [-0.3, -0.25) is 0 Å². The van der Waals surface area contributed by atoms with Gasteiger partial charge in [-0.05, 0) is 31.0 Å². The molecule has 1 fully saturated rings. The van der Waals surface area contributed by atoms with Crippen LogP contribution in [0.4, 0.5) is 5.69 Å². The molecule has 0 N–H and O–H groups in total. The maximum Gasteiger partial charge on any atom is 0.105 e. The summed E-state index contributed by atoms with van der Waals surface area (Å²) in [6.07, 6.45) is 4.70. The molecule has 0 spiro atoms. The number of hydrogen-bond acceptors (Lipinski definition) is 1. The Morgan fingerprint density at radius 1 is 1.28 bits per heavy atom. The number of hydrogen-bond donors (Lipinski definition) is 0. The van der Waals surface area contributed by atoms with E-state index in [4.69, 9.17) is 28.2 Å². The van der Waals surface area contributed by atoms with Crippen molar-refractivity contribution in [1.82, 2.24) is 4.90 Å². The Hall–Kier alpha value is -0.730. The number of benzene rings is 1. The van der Waals surface area contributed by atoms with Gasteiger partial charge in [0.2, 0.25) is 0 Å². The SMILES string of the molecule is CCCCN1CCC/C1=N\c1ccc(Cl)c(Cl)c1. The molecule has 1 heterocycles. The first-order chi connectivity index (χ1) is 8.70. The number of unbranched alkanes of at least 4 members (excludes halogenated alkanes) is 1. The molecule has 1 saturated heterocycles. The summed E-state index contributed by atoms with van der Waals surface area (Å²) in [6, 6.07) is 5.54. The smallest absolute Gasteiger partial charge is 0.105 e. The van der Waals surface area contributed by atoms with E-state index in [1.54, 1.807) is 6.07 Å². The van der Waals surface area contributed by atoms with Crippen LogP contribution < -0.4 is 0 Å². The molecule has 1 aromatic carbocycles. The highest BCUT2D eigenvalue weighted by Crippen LogP contribution is 2.27. The maximum atomic E-state index is 6.00. The molecule has 2 rings (SSSR count). The van der Waals surface area contributed by atoms with Crippen molar-refractivity contribution >= 4 is 34.7 Å². The molecular formula is C14H18Cl2N2. The van der Waals surface area contributed by atoms with Crippen molar-refractivity contribution in [2.75, 3.05) is 13.1 Å². The topological polar surface area (TPSA) is 15.6 Å². The second kappa shape index (κ2) is 6.44. The first kappa shape index (κ1) is 13.7. The average Bonchev–Trinajstić information content (AvgIpc) is 2.79. The molecular weight excluding hydrogens is 267 g/mol. The van der Waals surface area contributed by atoms with Crippen molar-refractivity contribution < 1.29 is 0 Å². The number of amidine groups is 1. The summed E-state index contributed by atoms with van der Waals surface area (Å²) < 4.78 is 0. The first-order valence-corrected chi connectivity index (χ1v) is 7.24. The monoisotopic (exact) mass is 284 g/mol. The summed E-state index contributed by atoms with van der Waals surface area (Å²) in [7, 11) is 0. The zero-order valence-corrected chi connectivity index (χ0v) is 12.1. The zero-order valence-electron chi connectivity index (χ0n) is 10.6. The van der Waals surface area contributed by atoms with Crippen LogP contribution in [0, 0.1) is 0 Å². The molecule has 1 aliphatic rings. The van der Waals surface area contributed by atoms with E-state index in [1.807, 2.05) is 12.1 Å². The van der Waals surface area contributed by atoms with Gasteiger partial charge in [-0.15, -0.1) is 0 Å². The lowest BCUT2D eigenvalue weighted by Crippen LogP contribution is -2.25. The fourth-order valence-electron chi connectivity index (χ4n) is 2.14. The van der Waals surface area contributed by atoms with Crippen molar-refractivity contribution in [3.05, 3.63) is 28.2 Å². The number of likely N-dealkylation sites (tertiary alicyclic amines) is 1. The highest BCUT2D eigenvalue weighted by molar-refractivity contribution is 6.42. The molecule has 4 heteroatoms. The van der Waals surface area contributed by atoms with Crippen LogP contribution in [-0.4, -0.2) is 23.8 Å². The molecule has 98 valence electrons. The third-order valence-electron chi connectivity index (χ3n) is 3.14. The van der Waals surface area contributed by atoms with E-state index >= 15 is 0 Å². The van der Waals surface area contributed by atoms with Crippen LogP contribution in [0.5, 0.6) is 0 Å². The summed E-state index contributed by atoms with van der Waals surface area (Å²) in [6.45, 7) is 4.45. The van der Waals surface area contributed by atoms with Crippen molar-refractivity contribution in [2.45, 2.75) is 32.6 Å². The third-order valence-corrected chi connectivity index (χ3v) is 3.88. The lowest BCUT2D eigenvalue weighted by atomic mass is 10.3. The quantitative estimate of drug-likeness (QED) is 0.766. The Bertz CT molecular complexity index is 443. The summed E-state index contributed by atoms with van der Waals surface area (Å²) >= 11 is 11.9. The lowest BCUT2D eigenvalue weighted by molar-refractivity contribution is 0.440. The Kier molecular flexibility index (Phi) is 4.90. The summed E-state index contributed by atoms with van der Waals surface area (Å²) in [5, 5.41) is 1.14. The number of aliphatic imine (C=N–C) groups is 1. The van der Waals surface area contributed by atoms with Crippen molar-refractivity contribution in [1.29, 1.82) is 0 Å². The van der Waals surface area contributed by atoms with Gasteiger partial charge in [0.1, 0.15) is 5.84 Å². The van der Waals surface area contributed by atoms with E-state index in [1.165, 1.54) is 25.1 Å². The van der Waals surface area contributed by atoms with Crippen LogP contribution in [0.25, 0.3) is 0 Å². The first-order valence-electron chi connectivity index (χ1n) is 6.48. The van der Waals surface area contributed by atoms with E-state index in [9.17, 15) is 0 Å². The molecule has 0 atom stereocenters. The van der Waals surface area contributed by atoms with Gasteiger partial charge < -0.3 is 4.90 Å². The summed E-state index contributed by atoms with van der Waals surface area (Å²) in [5.74, 6) is 1.18. The van der Waals surface area contributed by atoms with Crippen molar-refractivity contribution in [2.24, 2.45) is 4.99 Å². The average molecular weight is 285 g/mol. The Labute approximate surface area is 119 Å². The number of nitrogens with zero attached hydrogens (tertiary/aromatic N) is 2. The molecule has 0 radical (unpaired) electrons. The normalized spacial score (nSPS) is 17.7. The van der Waals surface area contributed by atoms with E-state index in [0.717, 1.165) is 25.2 Å². The minimum absolute atomic E-state index is 0.566. The van der Waals surface area contributed by atoms with Crippen LogP contribution >= 0.6 is 23.2 Å². The van der Waals surface area contributed by atoms with Gasteiger partial charge >= 0.3 is 0 Å². The molecule has 18 heavy (non-hydrogen) atoms. The fourth-order valence-corrected chi connectivity index (χ4v) is 2.43. The molecule has 0 aromatic heterocycles. The number of halogens is 2. The van der Waals surface area contributed by atoms with E-state index in [-0.39, 0.29) is 0 Å². The van der Waals surface area contributed by atoms with Crippen molar-refractivity contribution in [3.63, 3.8) is 0 Å². The molecule has 0 amide bonds. The highest BCUT2D eigenvalue weighted by atomic mass is 35.5. The van der Waals surface area contributed by atoms with E-state index in [0.29, 0.717) is 10.0 Å². The fraction of sp³-hybridized carbons (Fsp3) is 0.500. The summed E-state index contributed by atoms with van der Waals surface area (Å²) in [4.78, 5) is 7.07. The predicted octanol–water partition coefficient (Wildman–Crippen LogP) is 4.92. The minimum Gasteiger partial charge on any atom is -0.360 e. The van der Waals surface area contributed by atoms with Gasteiger partial charge in [0, 0.05) is 19.5 Å². The van der Waals surface area contributed by atoms with Gasteiger partial charge in [0.15, 0.2) is 0 Å². The molecule has 0 aliphatic carbocycles. The van der Waals surface area contributed by atoms with Crippen LogP contribution in [-0.2, 0) is 0 Å². The van der Waals surface area contributed by atoms with Crippen LogP contribution in [0.3, 0.4) is 0 Å². The van der Waals surface area contributed by atoms with Crippen LogP contribution in [0.1, 0.15) is 32.6 Å². The second-order valence-electron chi connectivity index (χ2n) is 4.57. The molecule has 0 unspecified atom stereocenters. The second-order valence-corrected chi connectivity index (χ2v) is 5.38.